The number of benzene rings is 1. The first kappa shape index (κ1) is 15.4. The molecule has 0 saturated carbocycles. The fourth-order valence-electron chi connectivity index (χ4n) is 2.12. The van der Waals surface area contributed by atoms with E-state index in [9.17, 15) is 9.90 Å². The Hall–Kier alpha value is -1.95. The monoisotopic (exact) mass is 290 g/mol. The maximum absolute atomic E-state index is 12.1. The Kier molecular flexibility index (Phi) is 4.90. The third-order valence-electron chi connectivity index (χ3n) is 3.57. The Morgan fingerprint density at radius 3 is 2.86 bits per heavy atom. The first-order valence-corrected chi connectivity index (χ1v) is 7.32. The van der Waals surface area contributed by atoms with Gasteiger partial charge in [-0.05, 0) is 37.5 Å². The summed E-state index contributed by atoms with van der Waals surface area (Å²) in [7, 11) is 0. The number of carbonyl (C=O) groups excluding carboxylic acids is 1. The molecule has 0 saturated heterocycles. The van der Waals surface area contributed by atoms with Crippen molar-refractivity contribution >= 4 is 16.9 Å². The number of amides is 1. The molecular formula is C15H22N4O2. The van der Waals surface area contributed by atoms with E-state index in [-0.39, 0.29) is 11.8 Å². The van der Waals surface area contributed by atoms with Crippen LogP contribution in [0.1, 0.15) is 37.6 Å². The van der Waals surface area contributed by atoms with Gasteiger partial charge in [0.25, 0.3) is 5.91 Å². The molecule has 6 nitrogen and oxygen atoms in total. The zero-order chi connectivity index (χ0) is 15.4. The lowest BCUT2D eigenvalue weighted by Crippen LogP contribution is -2.28. The molecule has 6 heteroatoms. The van der Waals surface area contributed by atoms with Crippen molar-refractivity contribution in [1.82, 2.24) is 20.3 Å². The van der Waals surface area contributed by atoms with E-state index in [2.05, 4.69) is 15.6 Å². The zero-order valence-corrected chi connectivity index (χ0v) is 12.7. The maximum atomic E-state index is 12.1. The SMILES string of the molecule is CCn1nnc2cc(C(=O)NCCC(O)C(C)C)ccc21. The van der Waals surface area contributed by atoms with Crippen molar-refractivity contribution in [3.63, 3.8) is 0 Å². The molecule has 0 radical (unpaired) electrons. The van der Waals surface area contributed by atoms with E-state index in [0.717, 1.165) is 12.1 Å². The summed E-state index contributed by atoms with van der Waals surface area (Å²) in [4.78, 5) is 12.1. The molecule has 1 unspecified atom stereocenters. The van der Waals surface area contributed by atoms with E-state index in [1.165, 1.54) is 0 Å². The zero-order valence-electron chi connectivity index (χ0n) is 12.7. The Morgan fingerprint density at radius 2 is 2.19 bits per heavy atom. The average molecular weight is 290 g/mol. The van der Waals surface area contributed by atoms with Crippen LogP contribution in [-0.2, 0) is 6.54 Å². The van der Waals surface area contributed by atoms with Crippen LogP contribution in [0.2, 0.25) is 0 Å². The Morgan fingerprint density at radius 1 is 1.43 bits per heavy atom. The first-order chi connectivity index (χ1) is 10.0. The molecule has 21 heavy (non-hydrogen) atoms. The van der Waals surface area contributed by atoms with Gasteiger partial charge in [0.2, 0.25) is 0 Å². The number of rotatable bonds is 6. The quantitative estimate of drug-likeness (QED) is 0.846. The smallest absolute Gasteiger partial charge is 0.251 e. The van der Waals surface area contributed by atoms with E-state index >= 15 is 0 Å². The average Bonchev–Trinajstić information content (AvgIpc) is 2.88. The molecule has 1 heterocycles. The fraction of sp³-hybridized carbons (Fsp3) is 0.533. The molecule has 0 aliphatic carbocycles. The van der Waals surface area contributed by atoms with Crippen molar-refractivity contribution in [3.8, 4) is 0 Å². The molecule has 0 bridgehead atoms. The molecule has 1 atom stereocenters. The van der Waals surface area contributed by atoms with Crippen molar-refractivity contribution in [2.75, 3.05) is 6.54 Å². The van der Waals surface area contributed by atoms with Gasteiger partial charge in [-0.25, -0.2) is 4.68 Å². The van der Waals surface area contributed by atoms with Gasteiger partial charge >= 0.3 is 0 Å². The van der Waals surface area contributed by atoms with Crippen molar-refractivity contribution < 1.29 is 9.90 Å². The topological polar surface area (TPSA) is 80.0 Å². The van der Waals surface area contributed by atoms with Crippen LogP contribution in [0.3, 0.4) is 0 Å². The normalized spacial score (nSPS) is 12.8. The number of nitrogens with zero attached hydrogens (tertiary/aromatic N) is 3. The van der Waals surface area contributed by atoms with Crippen LogP contribution in [-0.4, -0.2) is 38.7 Å². The molecule has 2 aromatic rings. The Bertz CT molecular complexity index is 621. The van der Waals surface area contributed by atoms with Crippen LogP contribution in [0.25, 0.3) is 11.0 Å². The molecule has 2 N–H and O–H groups in total. The standard InChI is InChI=1S/C15H22N4O2/c1-4-19-13-6-5-11(9-12(13)17-18-19)15(21)16-8-7-14(20)10(2)3/h5-6,9-10,14,20H,4,7-8H2,1-3H3,(H,16,21). The number of carbonyl (C=O) groups is 1. The van der Waals surface area contributed by atoms with Gasteiger partial charge in [0.05, 0.1) is 11.6 Å². The summed E-state index contributed by atoms with van der Waals surface area (Å²) in [6.07, 6.45) is 0.162. The molecular weight excluding hydrogens is 268 g/mol. The van der Waals surface area contributed by atoms with Gasteiger partial charge in [-0.15, -0.1) is 5.10 Å². The van der Waals surface area contributed by atoms with E-state index < -0.39 is 6.10 Å². The highest BCUT2D eigenvalue weighted by Gasteiger charge is 2.12. The third-order valence-corrected chi connectivity index (χ3v) is 3.57. The van der Waals surface area contributed by atoms with Gasteiger partial charge in [0.1, 0.15) is 5.52 Å². The van der Waals surface area contributed by atoms with Crippen LogP contribution < -0.4 is 5.32 Å². The van der Waals surface area contributed by atoms with E-state index in [1.807, 2.05) is 26.8 Å². The molecule has 1 aromatic carbocycles. The van der Waals surface area contributed by atoms with Crippen LogP contribution >= 0.6 is 0 Å². The minimum Gasteiger partial charge on any atom is -0.393 e. The van der Waals surface area contributed by atoms with Gasteiger partial charge < -0.3 is 10.4 Å². The lowest BCUT2D eigenvalue weighted by atomic mass is 10.0. The summed E-state index contributed by atoms with van der Waals surface area (Å²) < 4.78 is 1.79. The van der Waals surface area contributed by atoms with Gasteiger partial charge in [0.15, 0.2) is 0 Å². The second-order valence-electron chi connectivity index (χ2n) is 5.46. The number of hydrogen-bond acceptors (Lipinski definition) is 4. The number of aryl methyl sites for hydroxylation is 1. The molecule has 0 aliphatic heterocycles. The first-order valence-electron chi connectivity index (χ1n) is 7.32. The lowest BCUT2D eigenvalue weighted by molar-refractivity contribution is 0.0920. The van der Waals surface area contributed by atoms with Crippen molar-refractivity contribution in [1.29, 1.82) is 0 Å². The number of aliphatic hydroxyl groups excluding tert-OH is 1. The summed E-state index contributed by atoms with van der Waals surface area (Å²) in [5, 5.41) is 20.6. The minimum absolute atomic E-state index is 0.154. The highest BCUT2D eigenvalue weighted by atomic mass is 16.3. The van der Waals surface area contributed by atoms with Gasteiger partial charge in [-0.2, -0.15) is 0 Å². The molecule has 0 fully saturated rings. The number of nitrogens with one attached hydrogen (secondary N) is 1. The summed E-state index contributed by atoms with van der Waals surface area (Å²) in [5.74, 6) is 0.0428. The third kappa shape index (κ3) is 3.58. The van der Waals surface area contributed by atoms with Crippen LogP contribution in [0, 0.1) is 5.92 Å². The van der Waals surface area contributed by atoms with E-state index in [4.69, 9.17) is 0 Å². The van der Waals surface area contributed by atoms with Crippen molar-refractivity contribution in [2.24, 2.45) is 5.92 Å². The molecule has 0 spiro atoms. The Balaban J connectivity index is 1.99. The van der Waals surface area contributed by atoms with Crippen molar-refractivity contribution in [2.45, 2.75) is 39.8 Å². The molecule has 0 aliphatic rings. The Labute approximate surface area is 124 Å². The highest BCUT2D eigenvalue weighted by Crippen LogP contribution is 2.13. The fourth-order valence-corrected chi connectivity index (χ4v) is 2.12. The van der Waals surface area contributed by atoms with Gasteiger partial charge in [-0.3, -0.25) is 4.79 Å². The predicted molar refractivity (Wildman–Crippen MR) is 81.0 cm³/mol. The summed E-state index contributed by atoms with van der Waals surface area (Å²) in [5.41, 5.74) is 2.20. The molecule has 1 amide bonds. The summed E-state index contributed by atoms with van der Waals surface area (Å²) in [6, 6.07) is 5.37. The number of aromatic nitrogens is 3. The predicted octanol–water partition coefficient (Wildman–Crippen LogP) is 1.59. The number of hydrogen-bond donors (Lipinski definition) is 2. The summed E-state index contributed by atoms with van der Waals surface area (Å²) >= 11 is 0. The van der Waals surface area contributed by atoms with Crippen LogP contribution in [0.15, 0.2) is 18.2 Å². The minimum atomic E-state index is -0.391. The molecule has 114 valence electrons. The van der Waals surface area contributed by atoms with Gasteiger partial charge in [0, 0.05) is 18.7 Å². The second-order valence-corrected chi connectivity index (χ2v) is 5.46. The largest absolute Gasteiger partial charge is 0.393 e. The van der Waals surface area contributed by atoms with Gasteiger partial charge in [-0.1, -0.05) is 19.1 Å². The summed E-state index contributed by atoms with van der Waals surface area (Å²) in [6.45, 7) is 7.11. The molecule has 2 rings (SSSR count). The van der Waals surface area contributed by atoms with E-state index in [1.54, 1.807) is 16.8 Å². The lowest BCUT2D eigenvalue weighted by Gasteiger charge is -2.14. The highest BCUT2D eigenvalue weighted by molar-refractivity contribution is 5.97. The van der Waals surface area contributed by atoms with Crippen LogP contribution in [0.5, 0.6) is 0 Å². The van der Waals surface area contributed by atoms with Crippen molar-refractivity contribution in [3.05, 3.63) is 23.8 Å². The van der Waals surface area contributed by atoms with E-state index in [0.29, 0.717) is 24.0 Å². The maximum Gasteiger partial charge on any atom is 0.251 e. The number of fused-ring (bicyclic) bond motifs is 1. The molecule has 1 aromatic heterocycles. The van der Waals surface area contributed by atoms with Crippen LogP contribution in [0.4, 0.5) is 0 Å². The second kappa shape index (κ2) is 6.67. The number of aliphatic hydroxyl groups is 1.